The molecule has 0 saturated heterocycles. The molecule has 0 fully saturated rings. The van der Waals surface area contributed by atoms with Crippen LogP contribution in [0.5, 0.6) is 0 Å². The molecule has 0 amide bonds. The van der Waals surface area contributed by atoms with E-state index in [1.807, 2.05) is 26.0 Å². The van der Waals surface area contributed by atoms with Crippen molar-refractivity contribution in [3.05, 3.63) is 58.2 Å². The van der Waals surface area contributed by atoms with Gasteiger partial charge in [-0.1, -0.05) is 11.6 Å². The zero-order chi connectivity index (χ0) is 13.6. The number of furan rings is 2. The molecule has 2 aromatic heterocycles. The Hall–Kier alpha value is -1.71. The van der Waals surface area contributed by atoms with Crippen molar-refractivity contribution in [2.24, 2.45) is 0 Å². The van der Waals surface area contributed by atoms with Crippen molar-refractivity contribution in [2.75, 3.05) is 0 Å². The van der Waals surface area contributed by atoms with Crippen LogP contribution in [0, 0.1) is 13.8 Å². The van der Waals surface area contributed by atoms with Crippen LogP contribution in [0.1, 0.15) is 28.9 Å². The number of hydrogen-bond acceptors (Lipinski definition) is 3. The van der Waals surface area contributed by atoms with Gasteiger partial charge in [0.1, 0.15) is 29.0 Å². The lowest BCUT2D eigenvalue weighted by atomic mass is 10.1. The number of halogens is 1. The molecule has 1 atom stereocenters. The first-order chi connectivity index (χ1) is 9.04. The lowest BCUT2D eigenvalue weighted by Crippen LogP contribution is -1.97. The molecular weight excluding hydrogens is 264 g/mol. The molecule has 2 heterocycles. The number of aryl methyl sites for hydroxylation is 2. The number of aliphatic hydroxyl groups excluding tert-OH is 1. The van der Waals surface area contributed by atoms with E-state index in [9.17, 15) is 5.11 Å². The Morgan fingerprint density at radius 3 is 2.58 bits per heavy atom. The topological polar surface area (TPSA) is 46.5 Å². The fraction of sp³-hybridized carbons (Fsp3) is 0.200. The van der Waals surface area contributed by atoms with Crippen LogP contribution in [0.3, 0.4) is 0 Å². The standard InChI is InChI=1S/C15H13ClO3/c1-8-5-12(9(2)18-8)15(17)14-7-10-6-11(16)3-4-13(10)19-14/h3-7,15,17H,1-2H3. The zero-order valence-electron chi connectivity index (χ0n) is 10.6. The van der Waals surface area contributed by atoms with Crippen molar-refractivity contribution in [1.82, 2.24) is 0 Å². The smallest absolute Gasteiger partial charge is 0.140 e. The SMILES string of the molecule is Cc1cc(C(O)c2cc3cc(Cl)ccc3o2)c(C)o1. The summed E-state index contributed by atoms with van der Waals surface area (Å²) in [6.45, 7) is 3.67. The van der Waals surface area contributed by atoms with Crippen LogP contribution < -0.4 is 0 Å². The summed E-state index contributed by atoms with van der Waals surface area (Å²) in [5.41, 5.74) is 1.43. The fourth-order valence-corrected chi connectivity index (χ4v) is 2.43. The van der Waals surface area contributed by atoms with Crippen LogP contribution in [0.2, 0.25) is 5.02 Å². The molecule has 0 radical (unpaired) electrons. The monoisotopic (exact) mass is 276 g/mol. The minimum absolute atomic E-state index is 0.487. The summed E-state index contributed by atoms with van der Waals surface area (Å²) in [5, 5.41) is 11.9. The molecule has 98 valence electrons. The third-order valence-electron chi connectivity index (χ3n) is 3.14. The van der Waals surface area contributed by atoms with Gasteiger partial charge in [0, 0.05) is 16.0 Å². The predicted molar refractivity (Wildman–Crippen MR) is 73.5 cm³/mol. The second-order valence-corrected chi connectivity index (χ2v) is 5.04. The first-order valence-corrected chi connectivity index (χ1v) is 6.36. The van der Waals surface area contributed by atoms with E-state index in [4.69, 9.17) is 20.4 Å². The Morgan fingerprint density at radius 1 is 1.11 bits per heavy atom. The number of benzene rings is 1. The molecule has 0 saturated carbocycles. The van der Waals surface area contributed by atoms with Crippen LogP contribution in [-0.4, -0.2) is 5.11 Å². The van der Waals surface area contributed by atoms with Gasteiger partial charge in [0.25, 0.3) is 0 Å². The van der Waals surface area contributed by atoms with Gasteiger partial charge in [-0.15, -0.1) is 0 Å². The van der Waals surface area contributed by atoms with Gasteiger partial charge in [-0.25, -0.2) is 0 Å². The van der Waals surface area contributed by atoms with Gasteiger partial charge in [0.15, 0.2) is 0 Å². The summed E-state index contributed by atoms with van der Waals surface area (Å²) >= 11 is 5.93. The summed E-state index contributed by atoms with van der Waals surface area (Å²) in [5.74, 6) is 1.95. The summed E-state index contributed by atoms with van der Waals surface area (Å²) in [4.78, 5) is 0. The quantitative estimate of drug-likeness (QED) is 0.755. The van der Waals surface area contributed by atoms with Gasteiger partial charge in [0.2, 0.25) is 0 Å². The van der Waals surface area contributed by atoms with Gasteiger partial charge in [-0.3, -0.25) is 0 Å². The van der Waals surface area contributed by atoms with E-state index in [0.717, 1.165) is 16.7 Å². The van der Waals surface area contributed by atoms with Crippen molar-refractivity contribution in [3.8, 4) is 0 Å². The third kappa shape index (κ3) is 2.15. The molecule has 0 aliphatic rings. The predicted octanol–water partition coefficient (Wildman–Crippen LogP) is 4.38. The average Bonchev–Trinajstić information content (AvgIpc) is 2.91. The second kappa shape index (κ2) is 4.44. The summed E-state index contributed by atoms with van der Waals surface area (Å²) in [7, 11) is 0. The largest absolute Gasteiger partial charge is 0.466 e. The van der Waals surface area contributed by atoms with Crippen molar-refractivity contribution < 1.29 is 13.9 Å². The molecule has 0 aliphatic carbocycles. The molecular formula is C15H13ClO3. The van der Waals surface area contributed by atoms with E-state index < -0.39 is 6.10 Å². The number of hydrogen-bond donors (Lipinski definition) is 1. The van der Waals surface area contributed by atoms with Crippen LogP contribution >= 0.6 is 11.6 Å². The first-order valence-electron chi connectivity index (χ1n) is 5.98. The van der Waals surface area contributed by atoms with Crippen LogP contribution in [-0.2, 0) is 0 Å². The Balaban J connectivity index is 2.06. The highest BCUT2D eigenvalue weighted by atomic mass is 35.5. The molecule has 3 rings (SSSR count). The molecule has 3 nitrogen and oxygen atoms in total. The maximum atomic E-state index is 10.4. The minimum atomic E-state index is -0.830. The zero-order valence-corrected chi connectivity index (χ0v) is 11.4. The Labute approximate surface area is 115 Å². The van der Waals surface area contributed by atoms with Crippen molar-refractivity contribution in [2.45, 2.75) is 20.0 Å². The van der Waals surface area contributed by atoms with Gasteiger partial charge in [0.05, 0.1) is 0 Å². The average molecular weight is 277 g/mol. The molecule has 0 spiro atoms. The van der Waals surface area contributed by atoms with Crippen LogP contribution in [0.15, 0.2) is 39.2 Å². The maximum Gasteiger partial charge on any atom is 0.140 e. The van der Waals surface area contributed by atoms with Crippen LogP contribution in [0.4, 0.5) is 0 Å². The highest BCUT2D eigenvalue weighted by molar-refractivity contribution is 6.31. The molecule has 19 heavy (non-hydrogen) atoms. The van der Waals surface area contributed by atoms with Gasteiger partial charge < -0.3 is 13.9 Å². The molecule has 4 heteroatoms. The summed E-state index contributed by atoms with van der Waals surface area (Å²) in [6.07, 6.45) is -0.830. The highest BCUT2D eigenvalue weighted by Crippen LogP contribution is 2.32. The Kier molecular flexibility index (Phi) is 2.88. The van der Waals surface area contributed by atoms with E-state index in [2.05, 4.69) is 0 Å². The molecule has 0 aliphatic heterocycles. The van der Waals surface area contributed by atoms with E-state index >= 15 is 0 Å². The summed E-state index contributed by atoms with van der Waals surface area (Å²) in [6, 6.07) is 8.98. The number of fused-ring (bicyclic) bond motifs is 1. The highest BCUT2D eigenvalue weighted by Gasteiger charge is 2.20. The lowest BCUT2D eigenvalue weighted by molar-refractivity contribution is 0.190. The number of rotatable bonds is 2. The molecule has 1 aromatic carbocycles. The van der Waals surface area contributed by atoms with E-state index in [1.54, 1.807) is 18.2 Å². The third-order valence-corrected chi connectivity index (χ3v) is 3.38. The lowest BCUT2D eigenvalue weighted by Gasteiger charge is -2.05. The Bertz CT molecular complexity index is 739. The van der Waals surface area contributed by atoms with E-state index in [-0.39, 0.29) is 0 Å². The molecule has 0 bridgehead atoms. The minimum Gasteiger partial charge on any atom is -0.466 e. The molecule has 3 aromatic rings. The summed E-state index contributed by atoms with van der Waals surface area (Å²) < 4.78 is 11.1. The van der Waals surface area contributed by atoms with Gasteiger partial charge >= 0.3 is 0 Å². The Morgan fingerprint density at radius 2 is 1.89 bits per heavy atom. The second-order valence-electron chi connectivity index (χ2n) is 4.60. The first kappa shape index (κ1) is 12.3. The molecule has 1 unspecified atom stereocenters. The van der Waals surface area contributed by atoms with Gasteiger partial charge in [-0.05, 0) is 44.2 Å². The van der Waals surface area contributed by atoms with Crippen molar-refractivity contribution in [3.63, 3.8) is 0 Å². The molecule has 1 N–H and O–H groups in total. The normalized spacial score (nSPS) is 13.1. The maximum absolute atomic E-state index is 10.4. The number of aliphatic hydroxyl groups is 1. The van der Waals surface area contributed by atoms with Crippen LogP contribution in [0.25, 0.3) is 11.0 Å². The van der Waals surface area contributed by atoms with Crippen molar-refractivity contribution >= 4 is 22.6 Å². The van der Waals surface area contributed by atoms with E-state index in [1.165, 1.54) is 0 Å². The van der Waals surface area contributed by atoms with Crippen molar-refractivity contribution in [1.29, 1.82) is 0 Å². The van der Waals surface area contributed by atoms with Gasteiger partial charge in [-0.2, -0.15) is 0 Å². The fourth-order valence-electron chi connectivity index (χ4n) is 2.24. The van der Waals surface area contributed by atoms with E-state index in [0.29, 0.717) is 22.1 Å².